The zero-order valence-corrected chi connectivity index (χ0v) is 8.49. The van der Waals surface area contributed by atoms with Crippen molar-refractivity contribution >= 4 is 0 Å². The lowest BCUT2D eigenvalue weighted by Gasteiger charge is -2.15. The second-order valence-electron chi connectivity index (χ2n) is 3.70. The Hall–Kier alpha value is -0.960. The molecule has 1 rings (SSSR count). The summed E-state index contributed by atoms with van der Waals surface area (Å²) >= 11 is 0. The first-order valence-corrected chi connectivity index (χ1v) is 4.63. The summed E-state index contributed by atoms with van der Waals surface area (Å²) in [6, 6.07) is 0.176. The van der Waals surface area contributed by atoms with E-state index in [0.717, 1.165) is 17.8 Å². The van der Waals surface area contributed by atoms with Crippen molar-refractivity contribution in [2.75, 3.05) is 0 Å². The van der Waals surface area contributed by atoms with Gasteiger partial charge in [-0.05, 0) is 12.8 Å². The molecule has 3 heteroatoms. The number of aromatic nitrogens is 2. The minimum Gasteiger partial charge on any atom is -0.327 e. The van der Waals surface area contributed by atoms with Gasteiger partial charge in [0.05, 0.1) is 11.4 Å². The zero-order valence-electron chi connectivity index (χ0n) is 8.49. The SMILES string of the molecule is Cc1nccnc1CC(N)C(C)C. The Kier molecular flexibility index (Phi) is 3.37. The number of nitrogens with zero attached hydrogens (tertiary/aromatic N) is 2. The first-order chi connectivity index (χ1) is 6.11. The van der Waals surface area contributed by atoms with Crippen LogP contribution in [0.4, 0.5) is 0 Å². The van der Waals surface area contributed by atoms with Crippen LogP contribution in [0.5, 0.6) is 0 Å². The number of hydrogen-bond acceptors (Lipinski definition) is 3. The zero-order chi connectivity index (χ0) is 9.84. The Morgan fingerprint density at radius 1 is 1.31 bits per heavy atom. The average Bonchev–Trinajstić information content (AvgIpc) is 2.08. The van der Waals surface area contributed by atoms with Crippen molar-refractivity contribution in [3.05, 3.63) is 23.8 Å². The van der Waals surface area contributed by atoms with E-state index in [1.54, 1.807) is 12.4 Å². The van der Waals surface area contributed by atoms with Crippen LogP contribution in [-0.2, 0) is 6.42 Å². The van der Waals surface area contributed by atoms with Crippen molar-refractivity contribution in [1.82, 2.24) is 9.97 Å². The average molecular weight is 179 g/mol. The fourth-order valence-corrected chi connectivity index (χ4v) is 1.10. The summed E-state index contributed by atoms with van der Waals surface area (Å²) in [6.07, 6.45) is 4.24. The predicted molar refractivity (Wildman–Crippen MR) is 53.3 cm³/mol. The van der Waals surface area contributed by atoms with Crippen molar-refractivity contribution < 1.29 is 0 Å². The molecule has 0 aliphatic heterocycles. The van der Waals surface area contributed by atoms with Crippen molar-refractivity contribution in [2.45, 2.75) is 33.2 Å². The summed E-state index contributed by atoms with van der Waals surface area (Å²) in [6.45, 7) is 6.21. The van der Waals surface area contributed by atoms with Crippen molar-refractivity contribution in [2.24, 2.45) is 11.7 Å². The third-order valence-corrected chi connectivity index (χ3v) is 2.27. The van der Waals surface area contributed by atoms with Gasteiger partial charge in [-0.2, -0.15) is 0 Å². The third-order valence-electron chi connectivity index (χ3n) is 2.27. The molecule has 13 heavy (non-hydrogen) atoms. The van der Waals surface area contributed by atoms with E-state index in [4.69, 9.17) is 5.73 Å². The largest absolute Gasteiger partial charge is 0.327 e. The van der Waals surface area contributed by atoms with Crippen LogP contribution in [0.25, 0.3) is 0 Å². The molecule has 0 bridgehead atoms. The predicted octanol–water partition coefficient (Wildman–Crippen LogP) is 1.31. The van der Waals surface area contributed by atoms with Gasteiger partial charge in [-0.1, -0.05) is 13.8 Å². The molecule has 0 fully saturated rings. The Bertz CT molecular complexity index is 271. The van der Waals surface area contributed by atoms with E-state index >= 15 is 0 Å². The maximum absolute atomic E-state index is 5.95. The summed E-state index contributed by atoms with van der Waals surface area (Å²) < 4.78 is 0. The van der Waals surface area contributed by atoms with Gasteiger partial charge in [0.25, 0.3) is 0 Å². The van der Waals surface area contributed by atoms with Gasteiger partial charge in [-0.15, -0.1) is 0 Å². The summed E-state index contributed by atoms with van der Waals surface area (Å²) in [7, 11) is 0. The molecular formula is C10H17N3. The Balaban J connectivity index is 2.69. The Morgan fingerprint density at radius 3 is 2.46 bits per heavy atom. The standard InChI is InChI=1S/C10H17N3/c1-7(2)9(11)6-10-8(3)12-4-5-13-10/h4-5,7,9H,6,11H2,1-3H3. The molecule has 0 spiro atoms. The molecule has 0 saturated heterocycles. The lowest BCUT2D eigenvalue weighted by atomic mass is 10.00. The van der Waals surface area contributed by atoms with Crippen LogP contribution in [0.15, 0.2) is 12.4 Å². The minimum absolute atomic E-state index is 0.176. The molecule has 0 saturated carbocycles. The molecule has 0 aromatic carbocycles. The van der Waals surface area contributed by atoms with Crippen molar-refractivity contribution in [3.8, 4) is 0 Å². The van der Waals surface area contributed by atoms with E-state index in [-0.39, 0.29) is 6.04 Å². The highest BCUT2D eigenvalue weighted by molar-refractivity contribution is 5.09. The first-order valence-electron chi connectivity index (χ1n) is 4.63. The van der Waals surface area contributed by atoms with Crippen molar-refractivity contribution in [3.63, 3.8) is 0 Å². The molecular weight excluding hydrogens is 162 g/mol. The van der Waals surface area contributed by atoms with Crippen LogP contribution in [0, 0.1) is 12.8 Å². The summed E-state index contributed by atoms with van der Waals surface area (Å²) in [4.78, 5) is 8.43. The maximum atomic E-state index is 5.95. The number of rotatable bonds is 3. The molecule has 1 unspecified atom stereocenters. The van der Waals surface area contributed by atoms with E-state index in [0.29, 0.717) is 5.92 Å². The summed E-state index contributed by atoms with van der Waals surface area (Å²) in [5, 5.41) is 0. The smallest absolute Gasteiger partial charge is 0.0631 e. The highest BCUT2D eigenvalue weighted by Crippen LogP contribution is 2.07. The van der Waals surface area contributed by atoms with Crippen molar-refractivity contribution in [1.29, 1.82) is 0 Å². The molecule has 0 radical (unpaired) electrons. The molecule has 1 aromatic rings. The van der Waals surface area contributed by atoms with E-state index in [1.807, 2.05) is 6.92 Å². The minimum atomic E-state index is 0.176. The highest BCUT2D eigenvalue weighted by atomic mass is 14.8. The number of hydrogen-bond donors (Lipinski definition) is 1. The quantitative estimate of drug-likeness (QED) is 0.761. The maximum Gasteiger partial charge on any atom is 0.0631 e. The molecule has 3 nitrogen and oxygen atoms in total. The highest BCUT2D eigenvalue weighted by Gasteiger charge is 2.10. The fourth-order valence-electron chi connectivity index (χ4n) is 1.10. The van der Waals surface area contributed by atoms with Gasteiger partial charge >= 0.3 is 0 Å². The van der Waals surface area contributed by atoms with Gasteiger partial charge in [-0.3, -0.25) is 9.97 Å². The van der Waals surface area contributed by atoms with Gasteiger partial charge in [0.1, 0.15) is 0 Å². The molecule has 0 amide bonds. The van der Waals surface area contributed by atoms with Crippen LogP contribution >= 0.6 is 0 Å². The van der Waals surface area contributed by atoms with Gasteiger partial charge in [0.2, 0.25) is 0 Å². The van der Waals surface area contributed by atoms with Crippen LogP contribution < -0.4 is 5.73 Å². The molecule has 1 aromatic heterocycles. The second kappa shape index (κ2) is 4.33. The third kappa shape index (κ3) is 2.77. The van der Waals surface area contributed by atoms with E-state index < -0.39 is 0 Å². The fraction of sp³-hybridized carbons (Fsp3) is 0.600. The Morgan fingerprint density at radius 2 is 1.92 bits per heavy atom. The molecule has 2 N–H and O–H groups in total. The first kappa shape index (κ1) is 10.1. The van der Waals surface area contributed by atoms with E-state index in [2.05, 4.69) is 23.8 Å². The van der Waals surface area contributed by atoms with Crippen LogP contribution in [0.3, 0.4) is 0 Å². The number of aryl methyl sites for hydroxylation is 1. The normalized spacial score (nSPS) is 13.3. The van der Waals surface area contributed by atoms with E-state index in [1.165, 1.54) is 0 Å². The molecule has 1 atom stereocenters. The molecule has 0 aliphatic rings. The summed E-state index contributed by atoms with van der Waals surface area (Å²) in [5.74, 6) is 0.487. The van der Waals surface area contributed by atoms with E-state index in [9.17, 15) is 0 Å². The molecule has 0 aliphatic carbocycles. The lowest BCUT2D eigenvalue weighted by molar-refractivity contribution is 0.485. The molecule has 1 heterocycles. The van der Waals surface area contributed by atoms with Gasteiger partial charge < -0.3 is 5.73 Å². The topological polar surface area (TPSA) is 51.8 Å². The lowest BCUT2D eigenvalue weighted by Crippen LogP contribution is -2.29. The second-order valence-corrected chi connectivity index (χ2v) is 3.70. The van der Waals surface area contributed by atoms with Gasteiger partial charge in [0.15, 0.2) is 0 Å². The summed E-state index contributed by atoms with van der Waals surface area (Å²) in [5.41, 5.74) is 7.95. The van der Waals surface area contributed by atoms with Crippen LogP contribution in [-0.4, -0.2) is 16.0 Å². The monoisotopic (exact) mass is 179 g/mol. The van der Waals surface area contributed by atoms with Crippen LogP contribution in [0.1, 0.15) is 25.2 Å². The Labute approximate surface area is 79.4 Å². The van der Waals surface area contributed by atoms with Gasteiger partial charge in [-0.25, -0.2) is 0 Å². The number of nitrogens with two attached hydrogens (primary N) is 1. The molecule has 72 valence electrons. The van der Waals surface area contributed by atoms with Gasteiger partial charge in [0, 0.05) is 24.9 Å². The van der Waals surface area contributed by atoms with Crippen LogP contribution in [0.2, 0.25) is 0 Å².